The molecule has 2 nitrogen and oxygen atoms in total. The number of carbonyl (C=O) groups excluding carboxylic acids is 1. The highest BCUT2D eigenvalue weighted by molar-refractivity contribution is 6.03. The fourth-order valence-electron chi connectivity index (χ4n) is 3.91. The first-order chi connectivity index (χ1) is 10.3. The summed E-state index contributed by atoms with van der Waals surface area (Å²) < 4.78 is 0. The van der Waals surface area contributed by atoms with Crippen molar-refractivity contribution >= 4 is 11.5 Å². The zero-order valence-corrected chi connectivity index (χ0v) is 12.0. The van der Waals surface area contributed by atoms with E-state index in [-0.39, 0.29) is 0 Å². The lowest BCUT2D eigenvalue weighted by molar-refractivity contribution is 0.0957. The molecular formula is C19H19NO. The van der Waals surface area contributed by atoms with E-state index in [2.05, 4.69) is 41.3 Å². The second-order valence-corrected chi connectivity index (χ2v) is 6.06. The summed E-state index contributed by atoms with van der Waals surface area (Å²) in [7, 11) is 0. The van der Waals surface area contributed by atoms with Gasteiger partial charge in [-0.05, 0) is 37.0 Å². The van der Waals surface area contributed by atoms with Crippen LogP contribution in [0.25, 0.3) is 0 Å². The lowest BCUT2D eigenvalue weighted by Crippen LogP contribution is -2.46. The van der Waals surface area contributed by atoms with Gasteiger partial charge < -0.3 is 4.90 Å². The van der Waals surface area contributed by atoms with E-state index in [9.17, 15) is 4.79 Å². The van der Waals surface area contributed by atoms with Crippen molar-refractivity contribution in [1.29, 1.82) is 0 Å². The van der Waals surface area contributed by atoms with Gasteiger partial charge >= 0.3 is 0 Å². The zero-order chi connectivity index (χ0) is 14.2. The molecule has 1 saturated heterocycles. The number of fused-ring (bicyclic) bond motifs is 3. The summed E-state index contributed by atoms with van der Waals surface area (Å²) in [5, 5.41) is 0. The van der Waals surface area contributed by atoms with Gasteiger partial charge in [-0.15, -0.1) is 0 Å². The Morgan fingerprint density at radius 3 is 2.52 bits per heavy atom. The summed E-state index contributed by atoms with van der Waals surface area (Å²) in [6, 6.07) is 19.6. The number of hydrogen-bond acceptors (Lipinski definition) is 2. The molecule has 2 heterocycles. The smallest absolute Gasteiger partial charge is 0.167 e. The van der Waals surface area contributed by atoms with Crippen LogP contribution in [0.15, 0.2) is 54.6 Å². The summed E-state index contributed by atoms with van der Waals surface area (Å²) in [4.78, 5) is 14.9. The maximum atomic E-state index is 12.4. The molecule has 0 aromatic heterocycles. The summed E-state index contributed by atoms with van der Waals surface area (Å²) in [5.41, 5.74) is 3.40. The van der Waals surface area contributed by atoms with Crippen LogP contribution in [0.4, 0.5) is 5.69 Å². The molecule has 2 heteroatoms. The minimum Gasteiger partial charge on any atom is -0.360 e. The topological polar surface area (TPSA) is 20.3 Å². The highest BCUT2D eigenvalue weighted by Crippen LogP contribution is 2.43. The van der Waals surface area contributed by atoms with Crippen LogP contribution in [-0.4, -0.2) is 11.8 Å². The summed E-state index contributed by atoms with van der Waals surface area (Å²) in [6.45, 7) is 0. The maximum absolute atomic E-state index is 12.4. The van der Waals surface area contributed by atoms with Crippen molar-refractivity contribution in [3.05, 3.63) is 65.7 Å². The molecular weight excluding hydrogens is 258 g/mol. The van der Waals surface area contributed by atoms with Gasteiger partial charge in [-0.3, -0.25) is 4.79 Å². The molecule has 0 N–H and O–H groups in total. The average Bonchev–Trinajstić information content (AvgIpc) is 2.55. The van der Waals surface area contributed by atoms with Crippen LogP contribution < -0.4 is 4.90 Å². The predicted octanol–water partition coefficient (Wildman–Crippen LogP) is 4.37. The lowest BCUT2D eigenvalue weighted by Gasteiger charge is -2.47. The van der Waals surface area contributed by atoms with E-state index >= 15 is 0 Å². The standard InChI is InChI=1S/C19H19NO/c21-19-13-15-9-6-12-17(14-7-2-1-3-8-14)20(15)18-11-5-4-10-16(18)19/h1-5,7-8,10-11,15,17H,6,9,12-13H2/t15-,17-/m0/s1. The number of Topliss-reactive ketones (excluding diaryl/α,β-unsaturated/α-hetero) is 1. The third-order valence-corrected chi connectivity index (χ3v) is 4.83. The van der Waals surface area contributed by atoms with Crippen LogP contribution in [0.1, 0.15) is 47.6 Å². The Hall–Kier alpha value is -2.09. The van der Waals surface area contributed by atoms with Gasteiger partial charge in [0.25, 0.3) is 0 Å². The number of anilines is 1. The molecule has 21 heavy (non-hydrogen) atoms. The van der Waals surface area contributed by atoms with E-state index < -0.39 is 0 Å². The Labute approximate surface area is 125 Å². The largest absolute Gasteiger partial charge is 0.360 e. The van der Waals surface area contributed by atoms with Crippen molar-refractivity contribution in [2.45, 2.75) is 37.8 Å². The van der Waals surface area contributed by atoms with Crippen molar-refractivity contribution in [3.8, 4) is 0 Å². The van der Waals surface area contributed by atoms with Crippen LogP contribution in [0, 0.1) is 0 Å². The molecule has 2 aromatic rings. The summed E-state index contributed by atoms with van der Waals surface area (Å²) in [6.07, 6.45) is 4.17. The van der Waals surface area contributed by atoms with E-state index in [0.717, 1.165) is 17.7 Å². The molecule has 0 bridgehead atoms. The molecule has 4 rings (SSSR count). The molecule has 2 aliphatic rings. The Balaban J connectivity index is 1.82. The number of rotatable bonds is 1. The first-order valence-electron chi connectivity index (χ1n) is 7.80. The van der Waals surface area contributed by atoms with Crippen molar-refractivity contribution in [3.63, 3.8) is 0 Å². The first kappa shape index (κ1) is 12.6. The Morgan fingerprint density at radius 2 is 1.67 bits per heavy atom. The highest BCUT2D eigenvalue weighted by atomic mass is 16.1. The molecule has 0 unspecified atom stereocenters. The van der Waals surface area contributed by atoms with Crippen molar-refractivity contribution < 1.29 is 4.79 Å². The number of nitrogens with zero attached hydrogens (tertiary/aromatic N) is 1. The van der Waals surface area contributed by atoms with E-state index in [1.54, 1.807) is 0 Å². The minimum atomic E-state index is 0.306. The molecule has 0 saturated carbocycles. The third kappa shape index (κ3) is 2.06. The molecule has 106 valence electrons. The first-order valence-corrected chi connectivity index (χ1v) is 7.80. The Kier molecular flexibility index (Phi) is 3.03. The fourth-order valence-corrected chi connectivity index (χ4v) is 3.91. The van der Waals surface area contributed by atoms with Gasteiger partial charge in [0, 0.05) is 23.7 Å². The quantitative estimate of drug-likeness (QED) is 0.771. The van der Waals surface area contributed by atoms with Crippen LogP contribution in [0.2, 0.25) is 0 Å². The van der Waals surface area contributed by atoms with Gasteiger partial charge in [-0.2, -0.15) is 0 Å². The summed E-state index contributed by atoms with van der Waals surface area (Å²) in [5.74, 6) is 0.306. The van der Waals surface area contributed by atoms with Gasteiger partial charge in [0.05, 0.1) is 6.04 Å². The van der Waals surface area contributed by atoms with E-state index in [4.69, 9.17) is 0 Å². The second kappa shape index (κ2) is 5.03. The van der Waals surface area contributed by atoms with E-state index in [1.165, 1.54) is 18.4 Å². The van der Waals surface area contributed by atoms with Crippen molar-refractivity contribution in [2.75, 3.05) is 4.90 Å². The summed E-state index contributed by atoms with van der Waals surface area (Å²) >= 11 is 0. The van der Waals surface area contributed by atoms with E-state index in [0.29, 0.717) is 24.3 Å². The van der Waals surface area contributed by atoms with Crippen LogP contribution in [0.3, 0.4) is 0 Å². The molecule has 0 amide bonds. The third-order valence-electron chi connectivity index (χ3n) is 4.83. The molecule has 0 aliphatic carbocycles. The molecule has 2 atom stereocenters. The minimum absolute atomic E-state index is 0.306. The molecule has 2 aromatic carbocycles. The number of carbonyl (C=O) groups is 1. The normalized spacial score (nSPS) is 24.4. The number of ketones is 1. The van der Waals surface area contributed by atoms with E-state index in [1.807, 2.05) is 18.2 Å². The van der Waals surface area contributed by atoms with Gasteiger partial charge in [0.2, 0.25) is 0 Å². The molecule has 0 radical (unpaired) electrons. The zero-order valence-electron chi connectivity index (χ0n) is 12.0. The van der Waals surface area contributed by atoms with Gasteiger partial charge in [0.1, 0.15) is 0 Å². The second-order valence-electron chi connectivity index (χ2n) is 6.06. The van der Waals surface area contributed by atoms with Gasteiger partial charge in [-0.25, -0.2) is 0 Å². The lowest BCUT2D eigenvalue weighted by atomic mass is 9.83. The SMILES string of the molecule is O=C1C[C@@H]2CCC[C@@H](c3ccccc3)N2c2ccccc21. The maximum Gasteiger partial charge on any atom is 0.167 e. The van der Waals surface area contributed by atoms with Gasteiger partial charge in [-0.1, -0.05) is 42.5 Å². The Morgan fingerprint density at radius 1 is 0.905 bits per heavy atom. The monoisotopic (exact) mass is 277 g/mol. The van der Waals surface area contributed by atoms with Crippen LogP contribution in [-0.2, 0) is 0 Å². The van der Waals surface area contributed by atoms with Crippen molar-refractivity contribution in [1.82, 2.24) is 0 Å². The number of benzene rings is 2. The van der Waals surface area contributed by atoms with Gasteiger partial charge in [0.15, 0.2) is 5.78 Å². The van der Waals surface area contributed by atoms with Crippen molar-refractivity contribution in [2.24, 2.45) is 0 Å². The highest BCUT2D eigenvalue weighted by Gasteiger charge is 2.38. The number of hydrogen-bond donors (Lipinski definition) is 0. The molecule has 0 spiro atoms. The van der Waals surface area contributed by atoms with Crippen LogP contribution >= 0.6 is 0 Å². The Bertz CT molecular complexity index is 664. The average molecular weight is 277 g/mol. The molecule has 1 fully saturated rings. The predicted molar refractivity (Wildman–Crippen MR) is 84.7 cm³/mol. The number of piperidine rings is 1. The fraction of sp³-hybridized carbons (Fsp3) is 0.316. The van der Waals surface area contributed by atoms with Crippen LogP contribution in [0.5, 0.6) is 0 Å². The molecule has 2 aliphatic heterocycles. The number of para-hydroxylation sites is 1.